The number of pyridine rings is 1. The summed E-state index contributed by atoms with van der Waals surface area (Å²) in [7, 11) is 2.08. The largest absolute Gasteiger partial charge is 0.339 e. The zero-order valence-electron chi connectivity index (χ0n) is 16.2. The van der Waals surface area contributed by atoms with Crippen LogP contribution in [0.5, 0.6) is 0 Å². The van der Waals surface area contributed by atoms with Crippen molar-refractivity contribution in [3.8, 4) is 0 Å². The average Bonchev–Trinajstić information content (AvgIpc) is 2.93. The van der Waals surface area contributed by atoms with Crippen molar-refractivity contribution in [1.82, 2.24) is 14.8 Å². The maximum atomic E-state index is 13.4. The minimum atomic E-state index is -0.464. The molecule has 2 aromatic rings. The van der Waals surface area contributed by atoms with Gasteiger partial charge in [-0.05, 0) is 57.1 Å². The van der Waals surface area contributed by atoms with Crippen molar-refractivity contribution >= 4 is 17.5 Å². The van der Waals surface area contributed by atoms with Gasteiger partial charge in [0.2, 0.25) is 5.91 Å². The second-order valence-electron chi connectivity index (χ2n) is 7.80. The van der Waals surface area contributed by atoms with Gasteiger partial charge in [-0.1, -0.05) is 18.2 Å². The first kappa shape index (κ1) is 18.6. The normalized spacial score (nSPS) is 25.0. The summed E-state index contributed by atoms with van der Waals surface area (Å²) >= 11 is 0. The van der Waals surface area contributed by atoms with E-state index in [0.717, 1.165) is 25.1 Å². The molecule has 4 rings (SSSR count). The number of carbonyl (C=O) groups is 2. The summed E-state index contributed by atoms with van der Waals surface area (Å²) in [5.74, 6) is 0.0677. The molecular weight excluding hydrogens is 352 g/mol. The molecule has 6 heteroatoms. The molecule has 1 aromatic carbocycles. The van der Waals surface area contributed by atoms with Crippen LogP contribution in [0.4, 0.5) is 5.69 Å². The molecule has 2 saturated heterocycles. The van der Waals surface area contributed by atoms with Crippen molar-refractivity contribution < 1.29 is 9.59 Å². The molecule has 3 heterocycles. The van der Waals surface area contributed by atoms with Gasteiger partial charge >= 0.3 is 0 Å². The van der Waals surface area contributed by atoms with Crippen molar-refractivity contribution in [2.24, 2.45) is 5.41 Å². The number of amides is 2. The number of nitrogens with zero attached hydrogens (tertiary/aromatic N) is 3. The lowest BCUT2D eigenvalue weighted by Crippen LogP contribution is -2.46. The Bertz CT molecular complexity index is 842. The molecule has 2 atom stereocenters. The number of nitrogens with one attached hydrogen (secondary N) is 1. The van der Waals surface area contributed by atoms with Crippen LogP contribution in [0.15, 0.2) is 54.9 Å². The Balaban J connectivity index is 1.55. The maximum Gasteiger partial charge on any atom is 0.255 e. The van der Waals surface area contributed by atoms with Crippen molar-refractivity contribution in [2.45, 2.75) is 25.3 Å². The van der Waals surface area contributed by atoms with E-state index in [1.807, 2.05) is 35.2 Å². The molecule has 28 heavy (non-hydrogen) atoms. The van der Waals surface area contributed by atoms with Crippen LogP contribution in [-0.2, 0) is 4.79 Å². The third kappa shape index (κ3) is 3.40. The maximum absolute atomic E-state index is 13.4. The number of benzene rings is 1. The molecule has 2 aliphatic heterocycles. The predicted octanol–water partition coefficient (Wildman–Crippen LogP) is 2.65. The second-order valence-corrected chi connectivity index (χ2v) is 7.80. The highest BCUT2D eigenvalue weighted by Gasteiger charge is 2.52. The first-order valence-corrected chi connectivity index (χ1v) is 9.86. The van der Waals surface area contributed by atoms with Gasteiger partial charge < -0.3 is 15.1 Å². The fraction of sp³-hybridized carbons (Fsp3) is 0.409. The van der Waals surface area contributed by atoms with E-state index in [1.54, 1.807) is 24.5 Å². The minimum Gasteiger partial charge on any atom is -0.339 e. The van der Waals surface area contributed by atoms with Gasteiger partial charge in [0.15, 0.2) is 0 Å². The summed E-state index contributed by atoms with van der Waals surface area (Å²) in [5, 5.41) is 3.12. The Morgan fingerprint density at radius 2 is 1.86 bits per heavy atom. The van der Waals surface area contributed by atoms with Gasteiger partial charge in [-0.3, -0.25) is 14.6 Å². The molecule has 2 amide bonds. The molecule has 0 saturated carbocycles. The topological polar surface area (TPSA) is 65.5 Å². The van der Waals surface area contributed by atoms with Gasteiger partial charge in [-0.15, -0.1) is 0 Å². The monoisotopic (exact) mass is 378 g/mol. The number of likely N-dealkylation sites (tertiary alicyclic amines) is 2. The van der Waals surface area contributed by atoms with Crippen LogP contribution in [0.2, 0.25) is 0 Å². The van der Waals surface area contributed by atoms with Crippen LogP contribution >= 0.6 is 0 Å². The van der Waals surface area contributed by atoms with E-state index in [2.05, 4.69) is 22.2 Å². The lowest BCUT2D eigenvalue weighted by molar-refractivity contribution is -0.127. The summed E-state index contributed by atoms with van der Waals surface area (Å²) in [6, 6.07) is 13.3. The summed E-state index contributed by atoms with van der Waals surface area (Å²) in [6.45, 7) is 2.15. The van der Waals surface area contributed by atoms with E-state index < -0.39 is 5.41 Å². The molecule has 6 nitrogen and oxygen atoms in total. The van der Waals surface area contributed by atoms with Crippen molar-refractivity contribution in [3.63, 3.8) is 0 Å². The molecule has 2 aliphatic rings. The molecule has 0 spiro atoms. The summed E-state index contributed by atoms with van der Waals surface area (Å²) in [5.41, 5.74) is 0.961. The van der Waals surface area contributed by atoms with Gasteiger partial charge in [0.05, 0.1) is 11.0 Å². The zero-order valence-corrected chi connectivity index (χ0v) is 16.2. The third-order valence-electron chi connectivity index (χ3n) is 6.26. The highest BCUT2D eigenvalue weighted by Crippen LogP contribution is 2.44. The van der Waals surface area contributed by atoms with E-state index in [-0.39, 0.29) is 17.9 Å². The number of hydrogen-bond donors (Lipinski definition) is 1. The van der Waals surface area contributed by atoms with E-state index in [4.69, 9.17) is 0 Å². The number of fused-ring (bicyclic) bond motifs is 1. The molecule has 0 unspecified atom stereocenters. The Morgan fingerprint density at radius 3 is 2.61 bits per heavy atom. The van der Waals surface area contributed by atoms with Gasteiger partial charge in [-0.2, -0.15) is 0 Å². The van der Waals surface area contributed by atoms with Crippen LogP contribution in [0.25, 0.3) is 0 Å². The van der Waals surface area contributed by atoms with Gasteiger partial charge in [0, 0.05) is 37.2 Å². The first-order chi connectivity index (χ1) is 13.6. The Morgan fingerprint density at radius 1 is 1.07 bits per heavy atom. The minimum absolute atomic E-state index is 0.00524. The molecule has 1 N–H and O–H groups in total. The third-order valence-corrected chi connectivity index (χ3v) is 6.26. The van der Waals surface area contributed by atoms with E-state index in [1.165, 1.54) is 0 Å². The predicted molar refractivity (Wildman–Crippen MR) is 108 cm³/mol. The molecule has 0 aliphatic carbocycles. The quantitative estimate of drug-likeness (QED) is 0.892. The summed E-state index contributed by atoms with van der Waals surface area (Å²) < 4.78 is 0. The lowest BCUT2D eigenvalue weighted by atomic mass is 9.75. The summed E-state index contributed by atoms with van der Waals surface area (Å²) in [4.78, 5) is 34.5. The molecule has 0 radical (unpaired) electrons. The first-order valence-electron chi connectivity index (χ1n) is 9.86. The lowest BCUT2D eigenvalue weighted by Gasteiger charge is -2.34. The van der Waals surface area contributed by atoms with Crippen LogP contribution in [0.3, 0.4) is 0 Å². The molecule has 2 fully saturated rings. The molecule has 1 aromatic heterocycles. The van der Waals surface area contributed by atoms with Crippen molar-refractivity contribution in [1.29, 1.82) is 0 Å². The average molecular weight is 378 g/mol. The highest BCUT2D eigenvalue weighted by atomic mass is 16.2. The number of hydrogen-bond acceptors (Lipinski definition) is 4. The molecule has 0 bridgehead atoms. The number of aromatic nitrogens is 1. The fourth-order valence-electron chi connectivity index (χ4n) is 4.66. The van der Waals surface area contributed by atoms with Crippen LogP contribution < -0.4 is 5.32 Å². The summed E-state index contributed by atoms with van der Waals surface area (Å²) in [6.07, 6.45) is 5.57. The molecule has 146 valence electrons. The van der Waals surface area contributed by atoms with Gasteiger partial charge in [0.1, 0.15) is 0 Å². The Labute approximate surface area is 165 Å². The number of carbonyl (C=O) groups excluding carboxylic acids is 2. The van der Waals surface area contributed by atoms with Crippen molar-refractivity contribution in [3.05, 3.63) is 60.4 Å². The number of para-hydroxylation sites is 1. The second kappa shape index (κ2) is 7.72. The van der Waals surface area contributed by atoms with Crippen molar-refractivity contribution in [2.75, 3.05) is 32.0 Å². The zero-order chi connectivity index (χ0) is 19.6. The van der Waals surface area contributed by atoms with Gasteiger partial charge in [-0.25, -0.2) is 0 Å². The Kier molecular flexibility index (Phi) is 5.13. The van der Waals surface area contributed by atoms with Crippen LogP contribution in [0, 0.1) is 5.41 Å². The van der Waals surface area contributed by atoms with E-state index in [9.17, 15) is 9.59 Å². The smallest absolute Gasteiger partial charge is 0.255 e. The standard InChI is InChI=1S/C22H26N4O2/c1-25-14-10-22(21(28)24-18-7-3-2-4-8-18)11-15-26(13-9-19(22)25)20(27)17-6-5-12-23-16-17/h2-8,12,16,19H,9-11,13-15H2,1H3,(H,24,28)/t19-,22-/m0/s1. The fourth-order valence-corrected chi connectivity index (χ4v) is 4.66. The number of anilines is 1. The Hall–Kier alpha value is -2.73. The highest BCUT2D eigenvalue weighted by molar-refractivity contribution is 5.97. The SMILES string of the molecule is CN1CC[C@]2(C(=O)Nc3ccccc3)CCN(C(=O)c3cccnc3)CC[C@H]12. The van der Waals surface area contributed by atoms with Gasteiger partial charge in [0.25, 0.3) is 5.91 Å². The molecular formula is C22H26N4O2. The van der Waals surface area contributed by atoms with E-state index in [0.29, 0.717) is 25.1 Å². The van der Waals surface area contributed by atoms with E-state index >= 15 is 0 Å². The van der Waals surface area contributed by atoms with Crippen LogP contribution in [0.1, 0.15) is 29.6 Å². The number of rotatable bonds is 3. The van der Waals surface area contributed by atoms with Crippen LogP contribution in [-0.4, -0.2) is 59.3 Å².